The zero-order valence-electron chi connectivity index (χ0n) is 4.20. The summed E-state index contributed by atoms with van der Waals surface area (Å²) in [6, 6.07) is 3.50. The molecule has 0 saturated heterocycles. The number of nitriles is 2. The summed E-state index contributed by atoms with van der Waals surface area (Å²) in [7, 11) is 0. The Morgan fingerprint density at radius 1 is 1.00 bits per heavy atom. The molecule has 0 aliphatic heterocycles. The van der Waals surface area contributed by atoms with Gasteiger partial charge in [-0.1, -0.05) is 0 Å². The van der Waals surface area contributed by atoms with Crippen molar-refractivity contribution in [1.29, 1.82) is 10.5 Å². The van der Waals surface area contributed by atoms with Crippen LogP contribution in [-0.2, 0) is 22.4 Å². The van der Waals surface area contributed by atoms with E-state index in [0.717, 1.165) is 0 Å². The van der Waals surface area contributed by atoms with E-state index in [1.807, 2.05) is 0 Å². The van der Waals surface area contributed by atoms with Crippen molar-refractivity contribution in [3.05, 3.63) is 0 Å². The van der Waals surface area contributed by atoms with Crippen LogP contribution in [0.3, 0.4) is 0 Å². The van der Waals surface area contributed by atoms with Crippen molar-refractivity contribution in [1.82, 2.24) is 0 Å². The second-order valence-electron chi connectivity index (χ2n) is 0.447. The fourth-order valence-electron chi connectivity index (χ4n) is 0. The molecule has 0 heterocycles. The summed E-state index contributed by atoms with van der Waals surface area (Å²) in [6.45, 7) is 2.86. The predicted molar refractivity (Wildman–Crippen MR) is 22.6 cm³/mol. The van der Waals surface area contributed by atoms with Gasteiger partial charge in [0.1, 0.15) is 0 Å². The van der Waals surface area contributed by atoms with Gasteiger partial charge in [0.25, 0.3) is 0 Å². The molecule has 0 atom stereocenters. The van der Waals surface area contributed by atoms with Gasteiger partial charge < -0.3 is 0 Å². The number of hydrogen-bond acceptors (Lipinski definition) is 2. The SMILES string of the molecule is CC#N.CC#N.[Ag+]. The van der Waals surface area contributed by atoms with Gasteiger partial charge in [0.2, 0.25) is 0 Å². The van der Waals surface area contributed by atoms with Crippen LogP contribution in [0.15, 0.2) is 0 Å². The molecule has 0 bridgehead atoms. The fourth-order valence-corrected chi connectivity index (χ4v) is 0. The van der Waals surface area contributed by atoms with E-state index in [4.69, 9.17) is 10.5 Å². The smallest absolute Gasteiger partial charge is 0.199 e. The molecule has 0 rings (SSSR count). The first kappa shape index (κ1) is 15.9. The van der Waals surface area contributed by atoms with Crippen molar-refractivity contribution in [3.8, 4) is 12.1 Å². The molecule has 0 aromatic carbocycles. The van der Waals surface area contributed by atoms with Crippen molar-refractivity contribution in [2.45, 2.75) is 13.8 Å². The van der Waals surface area contributed by atoms with Gasteiger partial charge >= 0.3 is 22.4 Å². The number of hydrogen-bond donors (Lipinski definition) is 0. The average molecular weight is 190 g/mol. The zero-order chi connectivity index (χ0) is 5.41. The second kappa shape index (κ2) is 43.1. The Kier molecular flexibility index (Phi) is 97.8. The Morgan fingerprint density at radius 3 is 1.00 bits per heavy atom. The van der Waals surface area contributed by atoms with Crippen LogP contribution in [0.5, 0.6) is 0 Å². The van der Waals surface area contributed by atoms with E-state index in [9.17, 15) is 0 Å². The molecular weight excluding hydrogens is 184 g/mol. The van der Waals surface area contributed by atoms with Crippen LogP contribution in [-0.4, -0.2) is 0 Å². The first-order valence-corrected chi connectivity index (χ1v) is 1.45. The molecule has 0 saturated carbocycles. The first-order valence-electron chi connectivity index (χ1n) is 1.45. The Morgan fingerprint density at radius 2 is 1.00 bits per heavy atom. The van der Waals surface area contributed by atoms with Crippen LogP contribution in [0.4, 0.5) is 0 Å². The van der Waals surface area contributed by atoms with Gasteiger partial charge in [-0.05, 0) is 0 Å². The van der Waals surface area contributed by atoms with Gasteiger partial charge in [0, 0.05) is 13.8 Å². The Bertz CT molecular complexity index is 64.7. The minimum absolute atomic E-state index is 0. The van der Waals surface area contributed by atoms with Gasteiger partial charge in [-0.2, -0.15) is 10.5 Å². The van der Waals surface area contributed by atoms with E-state index in [0.29, 0.717) is 0 Å². The van der Waals surface area contributed by atoms with Crippen molar-refractivity contribution in [2.75, 3.05) is 0 Å². The topological polar surface area (TPSA) is 47.6 Å². The molecule has 0 radical (unpaired) electrons. The van der Waals surface area contributed by atoms with Crippen molar-refractivity contribution in [2.24, 2.45) is 0 Å². The molecule has 0 amide bonds. The summed E-state index contributed by atoms with van der Waals surface area (Å²) >= 11 is 0. The normalized spacial score (nSPS) is 2.29. The number of nitrogens with zero attached hydrogens (tertiary/aromatic N) is 2. The van der Waals surface area contributed by atoms with Crippen molar-refractivity contribution < 1.29 is 22.4 Å². The standard InChI is InChI=1S/2C2H3N.Ag/c2*1-2-3;/h2*1H3;/q;;+1. The van der Waals surface area contributed by atoms with Crippen LogP contribution in [0, 0.1) is 22.7 Å². The summed E-state index contributed by atoms with van der Waals surface area (Å²) in [5.41, 5.74) is 0. The van der Waals surface area contributed by atoms with E-state index in [-0.39, 0.29) is 22.4 Å². The van der Waals surface area contributed by atoms with Crippen molar-refractivity contribution >= 4 is 0 Å². The van der Waals surface area contributed by atoms with E-state index >= 15 is 0 Å². The largest absolute Gasteiger partial charge is 1.00 e. The van der Waals surface area contributed by atoms with Gasteiger partial charge in [0.05, 0.1) is 12.1 Å². The third kappa shape index (κ3) is 1010. The maximum atomic E-state index is 7.32. The molecule has 0 spiro atoms. The maximum Gasteiger partial charge on any atom is 1.00 e. The van der Waals surface area contributed by atoms with Gasteiger partial charge in [0.15, 0.2) is 0 Å². The van der Waals surface area contributed by atoms with E-state index in [2.05, 4.69) is 0 Å². The monoisotopic (exact) mass is 189 g/mol. The zero-order valence-corrected chi connectivity index (χ0v) is 5.68. The van der Waals surface area contributed by atoms with E-state index in [1.54, 1.807) is 12.1 Å². The van der Waals surface area contributed by atoms with Crippen LogP contribution in [0.1, 0.15) is 13.8 Å². The minimum atomic E-state index is 0. The van der Waals surface area contributed by atoms with Crippen LogP contribution in [0.25, 0.3) is 0 Å². The molecule has 3 heteroatoms. The third-order valence-corrected chi connectivity index (χ3v) is 0. The van der Waals surface area contributed by atoms with Crippen LogP contribution < -0.4 is 0 Å². The molecule has 0 aliphatic rings. The fraction of sp³-hybridized carbons (Fsp3) is 0.500. The summed E-state index contributed by atoms with van der Waals surface area (Å²) in [5.74, 6) is 0. The molecule has 0 aliphatic carbocycles. The summed E-state index contributed by atoms with van der Waals surface area (Å²) in [4.78, 5) is 0. The first-order chi connectivity index (χ1) is 2.83. The minimum Gasteiger partial charge on any atom is -0.199 e. The third-order valence-electron chi connectivity index (χ3n) is 0. The molecule has 2 nitrogen and oxygen atoms in total. The predicted octanol–water partition coefficient (Wildman–Crippen LogP) is 1.06. The maximum absolute atomic E-state index is 7.32. The molecule has 0 aromatic rings. The van der Waals surface area contributed by atoms with Gasteiger partial charge in [-0.25, -0.2) is 0 Å². The van der Waals surface area contributed by atoms with Crippen molar-refractivity contribution in [3.63, 3.8) is 0 Å². The van der Waals surface area contributed by atoms with Crippen LogP contribution in [0.2, 0.25) is 0 Å². The molecular formula is C4H6AgN2+. The molecule has 0 fully saturated rings. The molecule has 42 valence electrons. The summed E-state index contributed by atoms with van der Waals surface area (Å²) in [6.07, 6.45) is 0. The summed E-state index contributed by atoms with van der Waals surface area (Å²) < 4.78 is 0. The van der Waals surface area contributed by atoms with Gasteiger partial charge in [-0.3, -0.25) is 0 Å². The quantitative estimate of drug-likeness (QED) is 0.536. The van der Waals surface area contributed by atoms with E-state index < -0.39 is 0 Å². The average Bonchev–Trinajstić information content (AvgIpc) is 1.39. The molecule has 0 unspecified atom stereocenters. The van der Waals surface area contributed by atoms with E-state index in [1.165, 1.54) is 13.8 Å². The number of rotatable bonds is 0. The molecule has 0 aromatic heterocycles. The van der Waals surface area contributed by atoms with Crippen LogP contribution >= 0.6 is 0 Å². The Hall–Kier alpha value is -0.280. The second-order valence-corrected chi connectivity index (χ2v) is 0.447. The summed E-state index contributed by atoms with van der Waals surface area (Å²) in [5, 5.41) is 14.6. The molecule has 0 N–H and O–H groups in total. The Balaban J connectivity index is -0.0000000400. The van der Waals surface area contributed by atoms with Gasteiger partial charge in [-0.15, -0.1) is 0 Å². The Labute approximate surface area is 59.3 Å². The molecule has 7 heavy (non-hydrogen) atoms.